The van der Waals surface area contributed by atoms with Gasteiger partial charge in [0.25, 0.3) is 0 Å². The molecule has 19 heavy (non-hydrogen) atoms. The van der Waals surface area contributed by atoms with E-state index in [1.165, 1.54) is 18.6 Å². The second-order valence-corrected chi connectivity index (χ2v) is 6.25. The Balaban J connectivity index is 2.29. The van der Waals surface area contributed by atoms with E-state index in [-0.39, 0.29) is 10.4 Å². The van der Waals surface area contributed by atoms with Crippen LogP contribution in [0.5, 0.6) is 0 Å². The molecule has 2 nitrogen and oxygen atoms in total. The van der Waals surface area contributed by atoms with Gasteiger partial charge in [-0.15, -0.1) is 0 Å². The largest absolute Gasteiger partial charge is 0.388 e. The summed E-state index contributed by atoms with van der Waals surface area (Å²) in [6, 6.07) is 4.41. The van der Waals surface area contributed by atoms with E-state index in [1.807, 2.05) is 0 Å². The number of aliphatic hydroxyl groups excluding tert-OH is 1. The predicted octanol–water partition coefficient (Wildman–Crippen LogP) is 3.67. The zero-order chi connectivity index (χ0) is 14.0. The first-order valence-corrected chi connectivity index (χ1v) is 7.19. The molecule has 0 heterocycles. The first kappa shape index (κ1) is 14.8. The molecule has 1 aliphatic carbocycles. The van der Waals surface area contributed by atoms with Crippen molar-refractivity contribution in [3.8, 4) is 0 Å². The SMILES string of the molecule is CC1CCCC(CN)(C(O)c2ccc(F)c(Cl)c2)C1. The van der Waals surface area contributed by atoms with Gasteiger partial charge in [-0.2, -0.15) is 0 Å². The second kappa shape index (κ2) is 5.78. The maximum absolute atomic E-state index is 13.2. The van der Waals surface area contributed by atoms with Gasteiger partial charge in [0.1, 0.15) is 5.82 Å². The lowest BCUT2D eigenvalue weighted by Crippen LogP contribution is -2.40. The van der Waals surface area contributed by atoms with Crippen molar-refractivity contribution in [2.24, 2.45) is 17.1 Å². The third-order valence-electron chi connectivity index (χ3n) is 4.37. The molecule has 0 amide bonds. The van der Waals surface area contributed by atoms with Crippen LogP contribution >= 0.6 is 11.6 Å². The fraction of sp³-hybridized carbons (Fsp3) is 0.600. The van der Waals surface area contributed by atoms with Gasteiger partial charge >= 0.3 is 0 Å². The van der Waals surface area contributed by atoms with Crippen molar-refractivity contribution in [1.82, 2.24) is 0 Å². The third-order valence-corrected chi connectivity index (χ3v) is 4.66. The van der Waals surface area contributed by atoms with Gasteiger partial charge in [0.05, 0.1) is 11.1 Å². The maximum Gasteiger partial charge on any atom is 0.141 e. The van der Waals surface area contributed by atoms with Crippen molar-refractivity contribution < 1.29 is 9.50 Å². The van der Waals surface area contributed by atoms with Crippen LogP contribution in [-0.4, -0.2) is 11.7 Å². The van der Waals surface area contributed by atoms with Crippen LogP contribution < -0.4 is 5.73 Å². The molecule has 1 aliphatic rings. The summed E-state index contributed by atoms with van der Waals surface area (Å²) in [4.78, 5) is 0. The molecule has 0 bridgehead atoms. The summed E-state index contributed by atoms with van der Waals surface area (Å²) < 4.78 is 13.2. The summed E-state index contributed by atoms with van der Waals surface area (Å²) in [6.07, 6.45) is 3.38. The van der Waals surface area contributed by atoms with Crippen LogP contribution in [0, 0.1) is 17.2 Å². The van der Waals surface area contributed by atoms with Gasteiger partial charge < -0.3 is 10.8 Å². The molecule has 1 aromatic carbocycles. The number of halogens is 2. The molecule has 1 aromatic rings. The van der Waals surface area contributed by atoms with Crippen LogP contribution in [0.1, 0.15) is 44.3 Å². The summed E-state index contributed by atoms with van der Waals surface area (Å²) in [5.74, 6) is 0.0966. The van der Waals surface area contributed by atoms with Gasteiger partial charge in [-0.25, -0.2) is 4.39 Å². The highest BCUT2D eigenvalue weighted by atomic mass is 35.5. The minimum absolute atomic E-state index is 0.0487. The van der Waals surface area contributed by atoms with Crippen molar-refractivity contribution in [2.75, 3.05) is 6.54 Å². The zero-order valence-electron chi connectivity index (χ0n) is 11.2. The second-order valence-electron chi connectivity index (χ2n) is 5.84. The first-order valence-electron chi connectivity index (χ1n) is 6.81. The summed E-state index contributed by atoms with van der Waals surface area (Å²) >= 11 is 5.80. The average Bonchev–Trinajstić information content (AvgIpc) is 2.41. The highest BCUT2D eigenvalue weighted by Crippen LogP contribution is 2.47. The van der Waals surface area contributed by atoms with E-state index in [9.17, 15) is 9.50 Å². The zero-order valence-corrected chi connectivity index (χ0v) is 12.0. The third kappa shape index (κ3) is 2.93. The van der Waals surface area contributed by atoms with Crippen LogP contribution in [0.2, 0.25) is 5.02 Å². The van der Waals surface area contributed by atoms with E-state index in [4.69, 9.17) is 17.3 Å². The Morgan fingerprint density at radius 1 is 1.58 bits per heavy atom. The van der Waals surface area contributed by atoms with Crippen LogP contribution in [0.3, 0.4) is 0 Å². The Hall–Kier alpha value is -0.640. The minimum atomic E-state index is -0.682. The number of nitrogens with two attached hydrogens (primary N) is 1. The monoisotopic (exact) mass is 285 g/mol. The van der Waals surface area contributed by atoms with Crippen molar-refractivity contribution in [1.29, 1.82) is 0 Å². The Labute approximate surface area is 118 Å². The standard InChI is InChI=1S/C15H21ClFNO/c1-10-3-2-6-15(8-10,9-18)14(19)11-4-5-13(17)12(16)7-11/h4-5,7,10,14,19H,2-3,6,8-9,18H2,1H3. The van der Waals surface area contributed by atoms with E-state index < -0.39 is 11.9 Å². The summed E-state index contributed by atoms with van der Waals surface area (Å²) in [5.41, 5.74) is 6.29. The van der Waals surface area contributed by atoms with Gasteiger partial charge in [-0.1, -0.05) is 37.4 Å². The highest BCUT2D eigenvalue weighted by Gasteiger charge is 2.40. The van der Waals surface area contributed by atoms with E-state index in [0.717, 1.165) is 19.3 Å². The molecule has 1 fully saturated rings. The molecule has 1 saturated carbocycles. The van der Waals surface area contributed by atoms with Crippen molar-refractivity contribution in [3.63, 3.8) is 0 Å². The molecular weight excluding hydrogens is 265 g/mol. The molecule has 0 aromatic heterocycles. The van der Waals surface area contributed by atoms with Gasteiger partial charge in [0.2, 0.25) is 0 Å². The molecule has 2 rings (SSSR count). The van der Waals surface area contributed by atoms with Crippen molar-refractivity contribution >= 4 is 11.6 Å². The molecule has 0 aliphatic heterocycles. The van der Waals surface area contributed by atoms with E-state index in [1.54, 1.807) is 6.07 Å². The molecule has 4 heteroatoms. The molecule has 106 valence electrons. The number of hydrogen-bond acceptors (Lipinski definition) is 2. The molecule has 0 saturated heterocycles. The van der Waals surface area contributed by atoms with Gasteiger partial charge in [0, 0.05) is 12.0 Å². The quantitative estimate of drug-likeness (QED) is 0.890. The minimum Gasteiger partial charge on any atom is -0.388 e. The number of benzene rings is 1. The number of hydrogen-bond donors (Lipinski definition) is 2. The lowest BCUT2D eigenvalue weighted by molar-refractivity contribution is -0.0131. The highest BCUT2D eigenvalue weighted by molar-refractivity contribution is 6.30. The number of rotatable bonds is 3. The van der Waals surface area contributed by atoms with E-state index in [2.05, 4.69) is 6.92 Å². The predicted molar refractivity (Wildman–Crippen MR) is 75.5 cm³/mol. The summed E-state index contributed by atoms with van der Waals surface area (Å²) in [5, 5.41) is 10.7. The van der Waals surface area contributed by atoms with E-state index in [0.29, 0.717) is 18.0 Å². The van der Waals surface area contributed by atoms with Crippen LogP contribution in [0.15, 0.2) is 18.2 Å². The normalized spacial score (nSPS) is 29.2. The molecule has 0 radical (unpaired) electrons. The van der Waals surface area contributed by atoms with Gasteiger partial charge in [0.15, 0.2) is 0 Å². The van der Waals surface area contributed by atoms with Gasteiger partial charge in [-0.3, -0.25) is 0 Å². The Kier molecular flexibility index (Phi) is 4.49. The molecule has 3 atom stereocenters. The smallest absolute Gasteiger partial charge is 0.141 e. The fourth-order valence-electron chi connectivity index (χ4n) is 3.28. The van der Waals surface area contributed by atoms with Gasteiger partial charge in [-0.05, 0) is 36.5 Å². The topological polar surface area (TPSA) is 46.2 Å². The van der Waals surface area contributed by atoms with Crippen molar-refractivity contribution in [3.05, 3.63) is 34.6 Å². The molecular formula is C15H21ClFNO. The fourth-order valence-corrected chi connectivity index (χ4v) is 3.47. The van der Waals surface area contributed by atoms with E-state index >= 15 is 0 Å². The Bertz CT molecular complexity index is 454. The van der Waals surface area contributed by atoms with Crippen LogP contribution in [0.25, 0.3) is 0 Å². The lowest BCUT2D eigenvalue weighted by atomic mass is 9.65. The molecule has 0 spiro atoms. The average molecular weight is 286 g/mol. The molecule has 3 unspecified atom stereocenters. The number of aliphatic hydroxyl groups is 1. The van der Waals surface area contributed by atoms with Crippen LogP contribution in [-0.2, 0) is 0 Å². The Morgan fingerprint density at radius 2 is 2.32 bits per heavy atom. The Morgan fingerprint density at radius 3 is 2.89 bits per heavy atom. The summed E-state index contributed by atoms with van der Waals surface area (Å²) in [7, 11) is 0. The van der Waals surface area contributed by atoms with Crippen molar-refractivity contribution in [2.45, 2.75) is 38.7 Å². The molecule has 3 N–H and O–H groups in total. The summed E-state index contributed by atoms with van der Waals surface area (Å²) in [6.45, 7) is 2.63. The lowest BCUT2D eigenvalue weighted by Gasteiger charge is -2.43. The maximum atomic E-state index is 13.2. The van der Waals surface area contributed by atoms with Crippen LogP contribution in [0.4, 0.5) is 4.39 Å². The first-order chi connectivity index (χ1) is 8.98.